The van der Waals surface area contributed by atoms with Crippen molar-refractivity contribution in [2.75, 3.05) is 19.6 Å². The molecule has 1 saturated heterocycles. The molecule has 1 amide bonds. The van der Waals surface area contributed by atoms with E-state index >= 15 is 0 Å². The number of carbonyl (C=O) groups is 1. The summed E-state index contributed by atoms with van der Waals surface area (Å²) in [6, 6.07) is 12.5. The minimum absolute atomic E-state index is 0.0128. The van der Waals surface area contributed by atoms with Gasteiger partial charge < -0.3 is 15.1 Å². The minimum Gasteiger partial charge on any atom is -0.395 e. The zero-order valence-corrected chi connectivity index (χ0v) is 12.4. The summed E-state index contributed by atoms with van der Waals surface area (Å²) in [5.41, 5.74) is 7.00. The van der Waals surface area contributed by atoms with Gasteiger partial charge in [-0.15, -0.1) is 0 Å². The van der Waals surface area contributed by atoms with Crippen molar-refractivity contribution < 1.29 is 14.1 Å². The van der Waals surface area contributed by atoms with Crippen LogP contribution < -0.4 is 5.73 Å². The zero-order chi connectivity index (χ0) is 16.4. The third-order valence-corrected chi connectivity index (χ3v) is 4.24. The lowest BCUT2D eigenvalue weighted by Crippen LogP contribution is -2.29. The normalized spacial score (nSPS) is 20.7. The van der Waals surface area contributed by atoms with Crippen molar-refractivity contribution in [3.05, 3.63) is 63.9 Å². The van der Waals surface area contributed by atoms with Crippen LogP contribution in [0.4, 0.5) is 5.88 Å². The Balaban J connectivity index is 1.78. The molecule has 1 aliphatic rings. The lowest BCUT2D eigenvalue weighted by atomic mass is 9.89. The van der Waals surface area contributed by atoms with Crippen molar-refractivity contribution in [2.45, 2.75) is 5.92 Å². The second-order valence-corrected chi connectivity index (χ2v) is 5.62. The lowest BCUT2D eigenvalue weighted by Gasteiger charge is -2.16. The van der Waals surface area contributed by atoms with Gasteiger partial charge in [-0.05, 0) is 24.1 Å². The molecule has 1 aromatic heterocycles. The number of benzene rings is 1. The highest BCUT2D eigenvalue weighted by atomic mass is 16.6. The van der Waals surface area contributed by atoms with E-state index in [9.17, 15) is 14.9 Å². The van der Waals surface area contributed by atoms with Crippen LogP contribution in [0.2, 0.25) is 0 Å². The number of nitrogens with zero attached hydrogens (tertiary/aromatic N) is 2. The molecular weight excluding hydrogens is 298 g/mol. The summed E-state index contributed by atoms with van der Waals surface area (Å²) in [7, 11) is 0. The fourth-order valence-corrected chi connectivity index (χ4v) is 3.05. The molecule has 0 radical (unpaired) electrons. The van der Waals surface area contributed by atoms with E-state index in [1.54, 1.807) is 4.90 Å². The molecule has 1 aliphatic heterocycles. The van der Waals surface area contributed by atoms with Crippen LogP contribution in [0.1, 0.15) is 22.0 Å². The van der Waals surface area contributed by atoms with Crippen LogP contribution >= 0.6 is 0 Å². The summed E-state index contributed by atoms with van der Waals surface area (Å²) in [4.78, 5) is 24.1. The number of likely N-dealkylation sites (tertiary alicyclic amines) is 1. The maximum absolute atomic E-state index is 12.5. The summed E-state index contributed by atoms with van der Waals surface area (Å²) >= 11 is 0. The second kappa shape index (κ2) is 6.21. The molecule has 0 aliphatic carbocycles. The van der Waals surface area contributed by atoms with Gasteiger partial charge in [0.2, 0.25) is 0 Å². The number of hydrogen-bond donors (Lipinski definition) is 1. The van der Waals surface area contributed by atoms with Crippen LogP contribution in [0.3, 0.4) is 0 Å². The number of amides is 1. The number of rotatable bonds is 4. The molecule has 1 fully saturated rings. The molecule has 1 aromatic carbocycles. The first-order valence-corrected chi connectivity index (χ1v) is 7.38. The van der Waals surface area contributed by atoms with E-state index in [1.807, 2.05) is 30.3 Å². The van der Waals surface area contributed by atoms with Crippen LogP contribution in [0.5, 0.6) is 0 Å². The van der Waals surface area contributed by atoms with Crippen molar-refractivity contribution in [3.63, 3.8) is 0 Å². The molecule has 0 bridgehead atoms. The largest absolute Gasteiger partial charge is 0.433 e. The molecule has 23 heavy (non-hydrogen) atoms. The summed E-state index contributed by atoms with van der Waals surface area (Å²) in [6.07, 6.45) is 0. The molecule has 0 saturated carbocycles. The van der Waals surface area contributed by atoms with Crippen molar-refractivity contribution in [2.24, 2.45) is 11.7 Å². The monoisotopic (exact) mass is 315 g/mol. The zero-order valence-electron chi connectivity index (χ0n) is 12.4. The van der Waals surface area contributed by atoms with Gasteiger partial charge in [0.25, 0.3) is 5.91 Å². The average Bonchev–Trinajstić information content (AvgIpc) is 3.22. The van der Waals surface area contributed by atoms with Crippen molar-refractivity contribution >= 4 is 11.8 Å². The molecule has 3 rings (SSSR count). The quantitative estimate of drug-likeness (QED) is 0.686. The van der Waals surface area contributed by atoms with E-state index in [4.69, 9.17) is 10.2 Å². The van der Waals surface area contributed by atoms with E-state index in [0.29, 0.717) is 19.6 Å². The Morgan fingerprint density at radius 1 is 1.26 bits per heavy atom. The van der Waals surface area contributed by atoms with Crippen LogP contribution in [0.25, 0.3) is 0 Å². The smallest absolute Gasteiger partial charge is 0.395 e. The van der Waals surface area contributed by atoms with Gasteiger partial charge in [-0.25, -0.2) is 0 Å². The third-order valence-electron chi connectivity index (χ3n) is 4.24. The molecule has 2 aromatic rings. The molecule has 2 heterocycles. The van der Waals surface area contributed by atoms with Gasteiger partial charge in [0.05, 0.1) is 6.07 Å². The number of hydrogen-bond acceptors (Lipinski definition) is 5. The molecule has 0 spiro atoms. The Morgan fingerprint density at radius 3 is 2.61 bits per heavy atom. The van der Waals surface area contributed by atoms with Crippen LogP contribution in [-0.4, -0.2) is 35.4 Å². The highest BCUT2D eigenvalue weighted by molar-refractivity contribution is 5.92. The number of nitrogens with two attached hydrogens (primary N) is 1. The van der Waals surface area contributed by atoms with E-state index in [1.165, 1.54) is 12.1 Å². The molecule has 2 atom stereocenters. The fraction of sp³-hybridized carbons (Fsp3) is 0.312. The standard InChI is InChI=1S/C16H17N3O4/c17-8-12-9-18(10-13(12)11-4-2-1-3-5-11)16(20)14-6-7-15(23-14)19(21)22/h1-7,12-13H,8-10,17H2/t12-,13+/m1/s1. The van der Waals surface area contributed by atoms with Crippen molar-refractivity contribution in [1.29, 1.82) is 0 Å². The predicted octanol–water partition coefficient (Wildman–Crippen LogP) is 2.00. The SMILES string of the molecule is NC[C@@H]1CN(C(=O)c2ccc([N+](=O)[O-])o2)C[C@H]1c1ccccc1. The molecule has 0 unspecified atom stereocenters. The lowest BCUT2D eigenvalue weighted by molar-refractivity contribution is -0.402. The first-order chi connectivity index (χ1) is 11.1. The Hall–Kier alpha value is -2.67. The van der Waals surface area contributed by atoms with E-state index in [0.717, 1.165) is 5.56 Å². The number of nitro groups is 1. The van der Waals surface area contributed by atoms with Crippen molar-refractivity contribution in [3.8, 4) is 0 Å². The molecule has 7 nitrogen and oxygen atoms in total. The molecule has 2 N–H and O–H groups in total. The molecule has 120 valence electrons. The highest BCUT2D eigenvalue weighted by Gasteiger charge is 2.36. The van der Waals surface area contributed by atoms with Gasteiger partial charge >= 0.3 is 5.88 Å². The van der Waals surface area contributed by atoms with E-state index in [2.05, 4.69) is 0 Å². The fourth-order valence-electron chi connectivity index (χ4n) is 3.05. The van der Waals surface area contributed by atoms with Gasteiger partial charge in [-0.3, -0.25) is 14.9 Å². The summed E-state index contributed by atoms with van der Waals surface area (Å²) < 4.78 is 5.01. The topological polar surface area (TPSA) is 103 Å². The van der Waals surface area contributed by atoms with Gasteiger partial charge in [0.15, 0.2) is 5.76 Å². The number of carbonyl (C=O) groups excluding carboxylic acids is 1. The first-order valence-electron chi connectivity index (χ1n) is 7.38. The Labute approximate surface area is 132 Å². The Kier molecular flexibility index (Phi) is 4.12. The summed E-state index contributed by atoms with van der Waals surface area (Å²) in [5, 5.41) is 10.7. The maximum atomic E-state index is 12.5. The summed E-state index contributed by atoms with van der Waals surface area (Å²) in [6.45, 7) is 1.52. The van der Waals surface area contributed by atoms with Gasteiger partial charge in [0, 0.05) is 19.0 Å². The van der Waals surface area contributed by atoms with Gasteiger partial charge in [0.1, 0.15) is 4.92 Å². The van der Waals surface area contributed by atoms with E-state index in [-0.39, 0.29) is 23.5 Å². The maximum Gasteiger partial charge on any atom is 0.433 e. The van der Waals surface area contributed by atoms with Gasteiger partial charge in [-0.1, -0.05) is 30.3 Å². The first kappa shape index (κ1) is 15.2. The average molecular weight is 315 g/mol. The minimum atomic E-state index is -0.657. The Morgan fingerprint density at radius 2 is 2.00 bits per heavy atom. The molecule has 7 heteroatoms. The van der Waals surface area contributed by atoms with E-state index < -0.39 is 10.8 Å². The third kappa shape index (κ3) is 2.95. The summed E-state index contributed by atoms with van der Waals surface area (Å²) in [5.74, 6) is -0.458. The van der Waals surface area contributed by atoms with Crippen LogP contribution in [-0.2, 0) is 0 Å². The van der Waals surface area contributed by atoms with Crippen LogP contribution in [0, 0.1) is 16.0 Å². The molecular formula is C16H17N3O4. The highest BCUT2D eigenvalue weighted by Crippen LogP contribution is 2.33. The Bertz CT molecular complexity index is 713. The second-order valence-electron chi connectivity index (χ2n) is 5.62. The van der Waals surface area contributed by atoms with Crippen molar-refractivity contribution in [1.82, 2.24) is 4.90 Å². The van der Waals surface area contributed by atoms with Crippen LogP contribution in [0.15, 0.2) is 46.9 Å². The predicted molar refractivity (Wildman–Crippen MR) is 83.0 cm³/mol. The number of furan rings is 1. The van der Waals surface area contributed by atoms with Gasteiger partial charge in [-0.2, -0.15) is 0 Å².